The number of aromatic carboxylic acids is 1. The van der Waals surface area contributed by atoms with Crippen LogP contribution >= 0.6 is 0 Å². The molecule has 0 saturated carbocycles. The zero-order valence-corrected chi connectivity index (χ0v) is 10.3. The molecule has 0 heterocycles. The van der Waals surface area contributed by atoms with Gasteiger partial charge in [0.1, 0.15) is 12.0 Å². The van der Waals surface area contributed by atoms with Crippen LogP contribution in [0.3, 0.4) is 0 Å². The Labute approximate surface area is 110 Å². The third-order valence-electron chi connectivity index (χ3n) is 2.81. The van der Waals surface area contributed by atoms with Crippen molar-refractivity contribution in [3.63, 3.8) is 0 Å². The van der Waals surface area contributed by atoms with E-state index in [4.69, 9.17) is 9.84 Å². The maximum absolute atomic E-state index is 10.9. The van der Waals surface area contributed by atoms with Crippen LogP contribution in [0, 0.1) is 0 Å². The molecule has 2 aromatic carbocycles. The Kier molecular flexibility index (Phi) is 3.61. The molecule has 0 fully saturated rings. The van der Waals surface area contributed by atoms with Crippen molar-refractivity contribution in [2.75, 3.05) is 7.11 Å². The average molecular weight is 256 g/mol. The summed E-state index contributed by atoms with van der Waals surface area (Å²) in [7, 11) is 1.49. The first-order valence-electron chi connectivity index (χ1n) is 5.62. The van der Waals surface area contributed by atoms with Crippen LogP contribution in [-0.4, -0.2) is 24.5 Å². The van der Waals surface area contributed by atoms with Gasteiger partial charge in [-0.2, -0.15) is 0 Å². The van der Waals surface area contributed by atoms with Crippen molar-refractivity contribution in [3.05, 3.63) is 53.6 Å². The summed E-state index contributed by atoms with van der Waals surface area (Å²) >= 11 is 0. The van der Waals surface area contributed by atoms with Gasteiger partial charge >= 0.3 is 5.97 Å². The molecule has 4 nitrogen and oxygen atoms in total. The monoisotopic (exact) mass is 256 g/mol. The minimum absolute atomic E-state index is 0.171. The molecule has 4 heteroatoms. The van der Waals surface area contributed by atoms with Gasteiger partial charge < -0.3 is 9.84 Å². The third-order valence-corrected chi connectivity index (χ3v) is 2.81. The molecular formula is C15H12O4. The molecule has 19 heavy (non-hydrogen) atoms. The zero-order chi connectivity index (χ0) is 13.8. The van der Waals surface area contributed by atoms with E-state index in [9.17, 15) is 9.59 Å². The largest absolute Gasteiger partial charge is 0.496 e. The first-order chi connectivity index (χ1) is 9.15. The molecule has 0 bridgehead atoms. The van der Waals surface area contributed by atoms with E-state index in [0.29, 0.717) is 11.3 Å². The Morgan fingerprint density at radius 1 is 1.16 bits per heavy atom. The average Bonchev–Trinajstić information content (AvgIpc) is 2.46. The molecule has 0 aliphatic rings. The van der Waals surface area contributed by atoms with Crippen molar-refractivity contribution in [2.45, 2.75) is 0 Å². The summed E-state index contributed by atoms with van der Waals surface area (Å²) in [6, 6.07) is 11.7. The fourth-order valence-electron chi connectivity index (χ4n) is 1.80. The number of rotatable bonds is 4. The Morgan fingerprint density at radius 3 is 2.37 bits per heavy atom. The number of carboxylic acid groups (broad SMARTS) is 1. The van der Waals surface area contributed by atoms with Crippen LogP contribution in [0.2, 0.25) is 0 Å². The molecule has 0 radical (unpaired) electrons. The molecule has 2 aromatic rings. The van der Waals surface area contributed by atoms with Crippen molar-refractivity contribution in [3.8, 4) is 16.9 Å². The van der Waals surface area contributed by atoms with Crippen molar-refractivity contribution in [1.29, 1.82) is 0 Å². The number of carbonyl (C=O) groups is 2. The summed E-state index contributed by atoms with van der Waals surface area (Å²) < 4.78 is 5.21. The number of benzene rings is 2. The molecule has 0 aliphatic carbocycles. The van der Waals surface area contributed by atoms with E-state index in [-0.39, 0.29) is 5.56 Å². The number of carbonyl (C=O) groups excluding carboxylic acids is 1. The van der Waals surface area contributed by atoms with Crippen molar-refractivity contribution in [1.82, 2.24) is 0 Å². The Hall–Kier alpha value is -2.62. The molecule has 0 amide bonds. The molecule has 0 atom stereocenters. The SMILES string of the molecule is COc1cc(C(=O)O)ccc1-c1ccc(C=O)cc1. The minimum Gasteiger partial charge on any atom is -0.496 e. The molecule has 0 saturated heterocycles. The van der Waals surface area contributed by atoms with Crippen LogP contribution in [0.15, 0.2) is 42.5 Å². The predicted octanol–water partition coefficient (Wildman–Crippen LogP) is 2.87. The van der Waals surface area contributed by atoms with Gasteiger partial charge in [-0.1, -0.05) is 24.3 Å². The lowest BCUT2D eigenvalue weighted by Gasteiger charge is -2.09. The first kappa shape index (κ1) is 12.8. The van der Waals surface area contributed by atoms with Crippen LogP contribution < -0.4 is 4.74 Å². The van der Waals surface area contributed by atoms with Gasteiger partial charge in [-0.15, -0.1) is 0 Å². The Balaban J connectivity index is 2.48. The smallest absolute Gasteiger partial charge is 0.335 e. The number of ether oxygens (including phenoxy) is 1. The van der Waals surface area contributed by atoms with Gasteiger partial charge in [0.25, 0.3) is 0 Å². The molecule has 0 unspecified atom stereocenters. The number of methoxy groups -OCH3 is 1. The highest BCUT2D eigenvalue weighted by molar-refractivity contribution is 5.90. The van der Waals surface area contributed by atoms with Gasteiger partial charge in [0, 0.05) is 11.1 Å². The number of aldehydes is 1. The van der Waals surface area contributed by atoms with Crippen LogP contribution in [0.1, 0.15) is 20.7 Å². The normalized spacial score (nSPS) is 9.95. The fourth-order valence-corrected chi connectivity index (χ4v) is 1.80. The molecule has 2 rings (SSSR count). The maximum Gasteiger partial charge on any atom is 0.335 e. The van der Waals surface area contributed by atoms with E-state index in [1.165, 1.54) is 19.2 Å². The first-order valence-corrected chi connectivity index (χ1v) is 5.62. The predicted molar refractivity (Wildman–Crippen MR) is 70.8 cm³/mol. The van der Waals surface area contributed by atoms with E-state index < -0.39 is 5.97 Å². The van der Waals surface area contributed by atoms with E-state index >= 15 is 0 Å². The second-order valence-electron chi connectivity index (χ2n) is 3.96. The molecule has 0 aromatic heterocycles. The lowest BCUT2D eigenvalue weighted by atomic mass is 10.0. The van der Waals surface area contributed by atoms with Gasteiger partial charge in [0.2, 0.25) is 0 Å². The second kappa shape index (κ2) is 5.35. The van der Waals surface area contributed by atoms with E-state index in [1.807, 2.05) is 0 Å². The topological polar surface area (TPSA) is 63.6 Å². The summed E-state index contributed by atoms with van der Waals surface area (Å²) in [6.07, 6.45) is 0.772. The summed E-state index contributed by atoms with van der Waals surface area (Å²) in [4.78, 5) is 21.5. The fraction of sp³-hybridized carbons (Fsp3) is 0.0667. The van der Waals surface area contributed by atoms with Crippen molar-refractivity contribution < 1.29 is 19.4 Å². The molecule has 96 valence electrons. The number of carboxylic acids is 1. The lowest BCUT2D eigenvalue weighted by molar-refractivity contribution is 0.0696. The highest BCUT2D eigenvalue weighted by Crippen LogP contribution is 2.30. The Morgan fingerprint density at radius 2 is 1.84 bits per heavy atom. The van der Waals surface area contributed by atoms with Crippen molar-refractivity contribution >= 4 is 12.3 Å². The Bertz CT molecular complexity index is 615. The van der Waals surface area contributed by atoms with Gasteiger partial charge in [0.05, 0.1) is 12.7 Å². The van der Waals surface area contributed by atoms with Crippen LogP contribution in [0.25, 0.3) is 11.1 Å². The summed E-state index contributed by atoms with van der Waals surface area (Å²) in [5, 5.41) is 8.94. The summed E-state index contributed by atoms with van der Waals surface area (Å²) in [5.74, 6) is -0.514. The highest BCUT2D eigenvalue weighted by atomic mass is 16.5. The van der Waals surface area contributed by atoms with E-state index in [2.05, 4.69) is 0 Å². The molecular weight excluding hydrogens is 244 g/mol. The second-order valence-corrected chi connectivity index (χ2v) is 3.96. The highest BCUT2D eigenvalue weighted by Gasteiger charge is 2.10. The zero-order valence-electron chi connectivity index (χ0n) is 10.3. The molecule has 0 aliphatic heterocycles. The van der Waals surface area contributed by atoms with Crippen LogP contribution in [0.4, 0.5) is 0 Å². The number of hydrogen-bond acceptors (Lipinski definition) is 3. The van der Waals surface area contributed by atoms with E-state index in [1.54, 1.807) is 30.3 Å². The van der Waals surface area contributed by atoms with Gasteiger partial charge in [0.15, 0.2) is 0 Å². The molecule has 1 N–H and O–H groups in total. The number of hydrogen-bond donors (Lipinski definition) is 1. The quantitative estimate of drug-likeness (QED) is 0.854. The third kappa shape index (κ3) is 2.63. The van der Waals surface area contributed by atoms with Gasteiger partial charge in [-0.3, -0.25) is 4.79 Å². The van der Waals surface area contributed by atoms with Crippen molar-refractivity contribution in [2.24, 2.45) is 0 Å². The van der Waals surface area contributed by atoms with Crippen LogP contribution in [0.5, 0.6) is 5.75 Å². The summed E-state index contributed by atoms with van der Waals surface area (Å²) in [6.45, 7) is 0. The van der Waals surface area contributed by atoms with Gasteiger partial charge in [-0.25, -0.2) is 4.79 Å². The standard InChI is InChI=1S/C15H12O4/c1-19-14-8-12(15(17)18)6-7-13(14)11-4-2-10(9-16)3-5-11/h2-9H,1H3,(H,17,18). The summed E-state index contributed by atoms with van der Waals surface area (Å²) in [5.41, 5.74) is 2.40. The van der Waals surface area contributed by atoms with E-state index in [0.717, 1.165) is 17.4 Å². The minimum atomic E-state index is -0.999. The molecule has 0 spiro atoms. The van der Waals surface area contributed by atoms with Gasteiger partial charge in [-0.05, 0) is 23.8 Å². The maximum atomic E-state index is 10.9. The lowest BCUT2D eigenvalue weighted by Crippen LogP contribution is -1.98. The van der Waals surface area contributed by atoms with Crippen LogP contribution in [-0.2, 0) is 0 Å².